The molecule has 1 N–H and O–H groups in total. The van der Waals surface area contributed by atoms with Gasteiger partial charge >= 0.3 is 0 Å². The number of aromatic nitrogens is 3. The summed E-state index contributed by atoms with van der Waals surface area (Å²) in [5.74, 6) is 1.08. The summed E-state index contributed by atoms with van der Waals surface area (Å²) in [6, 6.07) is 7.51. The highest BCUT2D eigenvalue weighted by molar-refractivity contribution is 8.00. The van der Waals surface area contributed by atoms with Crippen molar-refractivity contribution in [3.8, 4) is 0 Å². The van der Waals surface area contributed by atoms with Crippen LogP contribution in [0, 0.1) is 0 Å². The molecule has 0 aliphatic heterocycles. The lowest BCUT2D eigenvalue weighted by Crippen LogP contribution is -2.30. The van der Waals surface area contributed by atoms with Crippen LogP contribution in [0.3, 0.4) is 0 Å². The second-order valence-corrected chi connectivity index (χ2v) is 6.71. The Hall–Kier alpha value is -1.53. The van der Waals surface area contributed by atoms with Gasteiger partial charge in [0.25, 0.3) is 0 Å². The van der Waals surface area contributed by atoms with Gasteiger partial charge in [-0.3, -0.25) is 4.79 Å². The van der Waals surface area contributed by atoms with Crippen LogP contribution < -0.4 is 5.32 Å². The average Bonchev–Trinajstić information content (AvgIpc) is 2.96. The second-order valence-electron chi connectivity index (χ2n) is 5.22. The Morgan fingerprint density at radius 2 is 2.00 bits per heavy atom. The quantitative estimate of drug-likeness (QED) is 0.819. The van der Waals surface area contributed by atoms with Crippen molar-refractivity contribution < 1.29 is 4.79 Å². The van der Waals surface area contributed by atoms with Crippen LogP contribution in [0.25, 0.3) is 0 Å². The minimum Gasteiger partial charge on any atom is -0.346 e. The Balaban J connectivity index is 1.88. The van der Waals surface area contributed by atoms with Gasteiger partial charge in [0, 0.05) is 16.0 Å². The lowest BCUT2D eigenvalue weighted by Gasteiger charge is -2.16. The standard InChI is InChI=1S/C15H19ClN4OS/c1-10(2)20-9-17-19-15(20)11(3)18-14(21)8-22-13-6-4-12(16)5-7-13/h4-7,9-11H,8H2,1-3H3,(H,18,21). The Bertz CT molecular complexity index is 627. The molecule has 1 unspecified atom stereocenters. The molecule has 1 amide bonds. The van der Waals surface area contributed by atoms with Gasteiger partial charge in [-0.15, -0.1) is 22.0 Å². The molecular weight excluding hydrogens is 320 g/mol. The van der Waals surface area contributed by atoms with Crippen molar-refractivity contribution in [3.05, 3.63) is 41.4 Å². The van der Waals surface area contributed by atoms with E-state index in [0.29, 0.717) is 10.8 Å². The van der Waals surface area contributed by atoms with Crippen LogP contribution in [0.4, 0.5) is 0 Å². The summed E-state index contributed by atoms with van der Waals surface area (Å²) in [5.41, 5.74) is 0. The second kappa shape index (κ2) is 7.65. The van der Waals surface area contributed by atoms with E-state index in [9.17, 15) is 4.79 Å². The molecule has 0 fully saturated rings. The van der Waals surface area contributed by atoms with Crippen LogP contribution in [0.1, 0.15) is 38.7 Å². The predicted molar refractivity (Wildman–Crippen MR) is 89.1 cm³/mol. The average molecular weight is 339 g/mol. The number of thioether (sulfide) groups is 1. The molecule has 0 aliphatic rings. The van der Waals surface area contributed by atoms with Crippen LogP contribution >= 0.6 is 23.4 Å². The van der Waals surface area contributed by atoms with Gasteiger partial charge in [-0.25, -0.2) is 0 Å². The molecule has 0 saturated heterocycles. The SMILES string of the molecule is CC(NC(=O)CSc1ccc(Cl)cc1)c1nncn1C(C)C. The topological polar surface area (TPSA) is 59.8 Å². The van der Waals surface area contributed by atoms with Crippen LogP contribution in [0.2, 0.25) is 5.02 Å². The predicted octanol–water partition coefficient (Wildman–Crippen LogP) is 3.48. The Morgan fingerprint density at radius 3 is 2.64 bits per heavy atom. The molecule has 22 heavy (non-hydrogen) atoms. The molecule has 5 nitrogen and oxygen atoms in total. The Kier molecular flexibility index (Phi) is 5.85. The fraction of sp³-hybridized carbons (Fsp3) is 0.400. The van der Waals surface area contributed by atoms with E-state index in [0.717, 1.165) is 10.7 Å². The molecule has 2 aromatic rings. The zero-order valence-corrected chi connectivity index (χ0v) is 14.4. The third kappa shape index (κ3) is 4.48. The maximum atomic E-state index is 12.1. The number of halogens is 1. The van der Waals surface area contributed by atoms with Crippen LogP contribution in [-0.2, 0) is 4.79 Å². The van der Waals surface area contributed by atoms with Crippen molar-refractivity contribution in [3.63, 3.8) is 0 Å². The zero-order chi connectivity index (χ0) is 16.1. The van der Waals surface area contributed by atoms with Crippen molar-refractivity contribution in [2.45, 2.75) is 37.8 Å². The van der Waals surface area contributed by atoms with Crippen molar-refractivity contribution in [1.29, 1.82) is 0 Å². The van der Waals surface area contributed by atoms with Gasteiger partial charge in [-0.2, -0.15) is 0 Å². The first-order valence-corrected chi connectivity index (χ1v) is 8.41. The number of hydrogen-bond acceptors (Lipinski definition) is 4. The molecular formula is C15H19ClN4OS. The number of carbonyl (C=O) groups excluding carboxylic acids is 1. The molecule has 1 atom stereocenters. The van der Waals surface area contributed by atoms with E-state index in [1.807, 2.05) is 35.8 Å². The number of nitrogens with one attached hydrogen (secondary N) is 1. The minimum absolute atomic E-state index is 0.0363. The van der Waals surface area contributed by atoms with E-state index in [1.165, 1.54) is 11.8 Å². The first kappa shape index (κ1) is 16.8. The van der Waals surface area contributed by atoms with Crippen molar-refractivity contribution >= 4 is 29.3 Å². The van der Waals surface area contributed by atoms with E-state index < -0.39 is 0 Å². The lowest BCUT2D eigenvalue weighted by molar-refractivity contribution is -0.119. The highest BCUT2D eigenvalue weighted by atomic mass is 35.5. The molecule has 118 valence electrons. The molecule has 1 aromatic carbocycles. The highest BCUT2D eigenvalue weighted by Crippen LogP contribution is 2.20. The minimum atomic E-state index is -0.178. The van der Waals surface area contributed by atoms with E-state index in [2.05, 4.69) is 29.4 Å². The van der Waals surface area contributed by atoms with E-state index >= 15 is 0 Å². The van der Waals surface area contributed by atoms with E-state index in [1.54, 1.807) is 6.33 Å². The van der Waals surface area contributed by atoms with Gasteiger partial charge in [-0.05, 0) is 45.0 Å². The molecule has 7 heteroatoms. The van der Waals surface area contributed by atoms with Gasteiger partial charge < -0.3 is 9.88 Å². The number of benzene rings is 1. The molecule has 1 aromatic heterocycles. The van der Waals surface area contributed by atoms with Crippen molar-refractivity contribution in [2.75, 3.05) is 5.75 Å². The molecule has 0 spiro atoms. The largest absolute Gasteiger partial charge is 0.346 e. The van der Waals surface area contributed by atoms with Gasteiger partial charge in [0.05, 0.1) is 11.8 Å². The first-order chi connectivity index (χ1) is 10.5. The van der Waals surface area contributed by atoms with E-state index in [-0.39, 0.29) is 18.0 Å². The van der Waals surface area contributed by atoms with Gasteiger partial charge in [0.1, 0.15) is 6.33 Å². The fourth-order valence-corrected chi connectivity index (χ4v) is 2.82. The summed E-state index contributed by atoms with van der Waals surface area (Å²) < 4.78 is 1.96. The van der Waals surface area contributed by atoms with Crippen molar-refractivity contribution in [2.24, 2.45) is 0 Å². The smallest absolute Gasteiger partial charge is 0.230 e. The fourth-order valence-electron chi connectivity index (χ4n) is 1.99. The number of hydrogen-bond donors (Lipinski definition) is 1. The Labute approximate surface area is 139 Å². The normalized spacial score (nSPS) is 12.4. The summed E-state index contributed by atoms with van der Waals surface area (Å²) in [5, 5.41) is 11.7. The van der Waals surface area contributed by atoms with E-state index in [4.69, 9.17) is 11.6 Å². The molecule has 0 aliphatic carbocycles. The third-order valence-electron chi connectivity index (χ3n) is 3.11. The van der Waals surface area contributed by atoms with Gasteiger partial charge in [0.2, 0.25) is 5.91 Å². The van der Waals surface area contributed by atoms with Gasteiger partial charge in [0.15, 0.2) is 5.82 Å². The number of amides is 1. The van der Waals surface area contributed by atoms with Crippen LogP contribution in [0.15, 0.2) is 35.5 Å². The first-order valence-electron chi connectivity index (χ1n) is 7.04. The molecule has 2 rings (SSSR count). The summed E-state index contributed by atoms with van der Waals surface area (Å²) in [6.45, 7) is 6.02. The molecule has 0 saturated carbocycles. The molecule has 0 bridgehead atoms. The summed E-state index contributed by atoms with van der Waals surface area (Å²) in [6.07, 6.45) is 1.69. The summed E-state index contributed by atoms with van der Waals surface area (Å²) in [4.78, 5) is 13.1. The molecule has 0 radical (unpaired) electrons. The van der Waals surface area contributed by atoms with Crippen molar-refractivity contribution in [1.82, 2.24) is 20.1 Å². The zero-order valence-electron chi connectivity index (χ0n) is 12.8. The monoisotopic (exact) mass is 338 g/mol. The summed E-state index contributed by atoms with van der Waals surface area (Å²) >= 11 is 7.31. The summed E-state index contributed by atoms with van der Waals surface area (Å²) in [7, 11) is 0. The molecule has 1 heterocycles. The maximum absolute atomic E-state index is 12.1. The van der Waals surface area contributed by atoms with Gasteiger partial charge in [-0.1, -0.05) is 11.6 Å². The number of nitrogens with zero attached hydrogens (tertiary/aromatic N) is 3. The van der Waals surface area contributed by atoms with Crippen LogP contribution in [0.5, 0.6) is 0 Å². The van der Waals surface area contributed by atoms with Crippen LogP contribution in [-0.4, -0.2) is 26.4 Å². The highest BCUT2D eigenvalue weighted by Gasteiger charge is 2.17. The number of rotatable bonds is 6. The maximum Gasteiger partial charge on any atom is 0.230 e. The number of carbonyl (C=O) groups is 1. The third-order valence-corrected chi connectivity index (χ3v) is 4.37. The Morgan fingerprint density at radius 1 is 1.32 bits per heavy atom. The lowest BCUT2D eigenvalue weighted by atomic mass is 10.3.